The molecule has 0 aliphatic rings. The van der Waals surface area contributed by atoms with Crippen LogP contribution in [0.25, 0.3) is 22.4 Å². The summed E-state index contributed by atoms with van der Waals surface area (Å²) >= 11 is 0. The lowest BCUT2D eigenvalue weighted by Gasteiger charge is -2.06. The predicted molar refractivity (Wildman–Crippen MR) is 88.5 cm³/mol. The van der Waals surface area contributed by atoms with Crippen LogP contribution in [0.1, 0.15) is 21.9 Å². The molecule has 0 saturated heterocycles. The van der Waals surface area contributed by atoms with Crippen molar-refractivity contribution in [3.63, 3.8) is 0 Å². The van der Waals surface area contributed by atoms with Gasteiger partial charge in [-0.05, 0) is 19.9 Å². The molecule has 23 heavy (non-hydrogen) atoms. The lowest BCUT2D eigenvalue weighted by atomic mass is 10.0. The Morgan fingerprint density at radius 2 is 1.70 bits per heavy atom. The number of nitrogens with zero attached hydrogens (tertiary/aromatic N) is 1. The summed E-state index contributed by atoms with van der Waals surface area (Å²) in [4.78, 5) is 27.3. The predicted octanol–water partition coefficient (Wildman–Crippen LogP) is 3.80. The first-order valence-corrected chi connectivity index (χ1v) is 7.22. The molecule has 3 rings (SSSR count). The van der Waals surface area contributed by atoms with Crippen LogP contribution in [0.2, 0.25) is 0 Å². The Kier molecular flexibility index (Phi) is 3.89. The molecule has 114 valence electrons. The van der Waals surface area contributed by atoms with Gasteiger partial charge < -0.3 is 4.42 Å². The molecule has 0 fully saturated rings. The Hall–Kier alpha value is -3.01. The number of benzene rings is 1. The number of carbonyl (C=O) groups excluding carboxylic acids is 1. The molecule has 2 aromatic heterocycles. The second kappa shape index (κ2) is 6.01. The number of hydrogen-bond acceptors (Lipinski definition) is 4. The van der Waals surface area contributed by atoms with E-state index in [2.05, 4.69) is 4.98 Å². The molecule has 0 unspecified atom stereocenters. The topological polar surface area (TPSA) is 60.2 Å². The molecule has 2 heterocycles. The van der Waals surface area contributed by atoms with Crippen molar-refractivity contribution in [1.29, 1.82) is 0 Å². The van der Waals surface area contributed by atoms with Gasteiger partial charge in [0.1, 0.15) is 17.8 Å². The van der Waals surface area contributed by atoms with Gasteiger partial charge in [-0.2, -0.15) is 0 Å². The fourth-order valence-electron chi connectivity index (χ4n) is 2.54. The van der Waals surface area contributed by atoms with Gasteiger partial charge in [-0.15, -0.1) is 0 Å². The van der Waals surface area contributed by atoms with Gasteiger partial charge in [0.2, 0.25) is 0 Å². The zero-order chi connectivity index (χ0) is 16.4. The van der Waals surface area contributed by atoms with E-state index < -0.39 is 0 Å². The van der Waals surface area contributed by atoms with Crippen molar-refractivity contribution in [1.82, 2.24) is 4.98 Å². The van der Waals surface area contributed by atoms with Gasteiger partial charge in [-0.25, -0.2) is 0 Å². The van der Waals surface area contributed by atoms with Crippen LogP contribution in [0, 0.1) is 13.8 Å². The van der Waals surface area contributed by atoms with Crippen LogP contribution in [0.5, 0.6) is 0 Å². The van der Waals surface area contributed by atoms with E-state index in [0.29, 0.717) is 22.6 Å². The second-order valence-electron chi connectivity index (χ2n) is 5.32. The van der Waals surface area contributed by atoms with Crippen LogP contribution in [0.4, 0.5) is 0 Å². The maximum atomic E-state index is 12.2. The fraction of sp³-hybridized carbons (Fsp3) is 0.105. The van der Waals surface area contributed by atoms with Crippen molar-refractivity contribution in [2.24, 2.45) is 0 Å². The van der Waals surface area contributed by atoms with Crippen LogP contribution in [-0.2, 0) is 0 Å². The number of carbonyl (C=O) groups is 1. The summed E-state index contributed by atoms with van der Waals surface area (Å²) in [6.45, 7) is 3.53. The normalized spacial score (nSPS) is 10.5. The molecule has 0 radical (unpaired) electrons. The summed E-state index contributed by atoms with van der Waals surface area (Å²) in [5, 5.41) is 0. The molecule has 0 atom stereocenters. The third-order valence-electron chi connectivity index (χ3n) is 3.64. The summed E-state index contributed by atoms with van der Waals surface area (Å²) in [7, 11) is 0. The molecule has 0 spiro atoms. The molecular weight excluding hydrogens is 290 g/mol. The average molecular weight is 305 g/mol. The molecule has 1 aromatic carbocycles. The maximum absolute atomic E-state index is 12.2. The van der Waals surface area contributed by atoms with E-state index in [1.54, 1.807) is 32.2 Å². The standard InChI is InChI=1S/C19H15NO3/c1-12-9-18(22)19(13(2)23-12)16-7-8-17(20-10-16)15-5-3-14(11-21)4-6-15/h3-11H,1-2H3. The fourth-order valence-corrected chi connectivity index (χ4v) is 2.54. The zero-order valence-corrected chi connectivity index (χ0v) is 12.9. The van der Waals surface area contributed by atoms with Crippen LogP contribution in [-0.4, -0.2) is 11.3 Å². The third kappa shape index (κ3) is 2.97. The molecular formula is C19H15NO3. The highest BCUT2D eigenvalue weighted by Crippen LogP contribution is 2.23. The van der Waals surface area contributed by atoms with Crippen molar-refractivity contribution < 1.29 is 9.21 Å². The average Bonchev–Trinajstić information content (AvgIpc) is 2.55. The molecule has 0 N–H and O–H groups in total. The minimum absolute atomic E-state index is 0.0730. The van der Waals surface area contributed by atoms with Crippen LogP contribution in [0.15, 0.2) is 57.9 Å². The monoisotopic (exact) mass is 305 g/mol. The number of aromatic nitrogens is 1. The second-order valence-corrected chi connectivity index (χ2v) is 5.32. The van der Waals surface area contributed by atoms with Crippen LogP contribution in [0.3, 0.4) is 0 Å². The summed E-state index contributed by atoms with van der Waals surface area (Å²) in [5.74, 6) is 1.18. The van der Waals surface area contributed by atoms with Gasteiger partial charge in [0.05, 0.1) is 11.3 Å². The molecule has 4 nitrogen and oxygen atoms in total. The first-order valence-electron chi connectivity index (χ1n) is 7.22. The largest absolute Gasteiger partial charge is 0.466 e. The van der Waals surface area contributed by atoms with Crippen molar-refractivity contribution in [3.8, 4) is 22.4 Å². The lowest BCUT2D eigenvalue weighted by molar-refractivity contribution is 0.112. The first-order chi connectivity index (χ1) is 11.1. The van der Waals surface area contributed by atoms with Crippen molar-refractivity contribution >= 4 is 6.29 Å². The smallest absolute Gasteiger partial charge is 0.193 e. The van der Waals surface area contributed by atoms with Crippen LogP contribution >= 0.6 is 0 Å². The van der Waals surface area contributed by atoms with E-state index >= 15 is 0 Å². The lowest BCUT2D eigenvalue weighted by Crippen LogP contribution is -2.06. The number of aryl methyl sites for hydroxylation is 2. The molecule has 0 amide bonds. The Balaban J connectivity index is 1.99. The minimum atomic E-state index is -0.0730. The van der Waals surface area contributed by atoms with Gasteiger partial charge in [-0.1, -0.05) is 30.3 Å². The highest BCUT2D eigenvalue weighted by molar-refractivity contribution is 5.76. The quantitative estimate of drug-likeness (QED) is 0.691. The van der Waals surface area contributed by atoms with Crippen molar-refractivity contribution in [2.75, 3.05) is 0 Å². The van der Waals surface area contributed by atoms with Gasteiger partial charge in [0, 0.05) is 29.0 Å². The van der Waals surface area contributed by atoms with Crippen LogP contribution < -0.4 is 5.43 Å². The summed E-state index contributed by atoms with van der Waals surface area (Å²) < 4.78 is 5.52. The summed E-state index contributed by atoms with van der Waals surface area (Å²) in [5.41, 5.74) is 3.50. The van der Waals surface area contributed by atoms with Gasteiger partial charge >= 0.3 is 0 Å². The number of aldehydes is 1. The van der Waals surface area contributed by atoms with Gasteiger partial charge in [0.15, 0.2) is 5.43 Å². The summed E-state index contributed by atoms with van der Waals surface area (Å²) in [6, 6.07) is 12.4. The Bertz CT molecular complexity index is 907. The molecule has 0 saturated carbocycles. The highest BCUT2D eigenvalue weighted by atomic mass is 16.3. The van der Waals surface area contributed by atoms with Gasteiger partial charge in [0.25, 0.3) is 0 Å². The van der Waals surface area contributed by atoms with E-state index in [1.165, 1.54) is 6.07 Å². The summed E-state index contributed by atoms with van der Waals surface area (Å²) in [6.07, 6.45) is 2.47. The molecule has 4 heteroatoms. The number of pyridine rings is 1. The Labute approximate surface area is 133 Å². The first kappa shape index (κ1) is 14.9. The third-order valence-corrected chi connectivity index (χ3v) is 3.64. The molecule has 0 bridgehead atoms. The molecule has 0 aliphatic carbocycles. The number of hydrogen-bond donors (Lipinski definition) is 0. The molecule has 0 aliphatic heterocycles. The zero-order valence-electron chi connectivity index (χ0n) is 12.9. The van der Waals surface area contributed by atoms with Gasteiger partial charge in [-0.3, -0.25) is 14.6 Å². The highest BCUT2D eigenvalue weighted by Gasteiger charge is 2.10. The maximum Gasteiger partial charge on any atom is 0.193 e. The van der Waals surface area contributed by atoms with E-state index in [-0.39, 0.29) is 5.43 Å². The van der Waals surface area contributed by atoms with E-state index in [4.69, 9.17) is 4.42 Å². The van der Waals surface area contributed by atoms with Crippen molar-refractivity contribution in [2.45, 2.75) is 13.8 Å². The van der Waals surface area contributed by atoms with E-state index in [1.807, 2.05) is 24.3 Å². The minimum Gasteiger partial charge on any atom is -0.466 e. The Morgan fingerprint density at radius 1 is 1.00 bits per heavy atom. The molecule has 3 aromatic rings. The van der Waals surface area contributed by atoms with E-state index in [9.17, 15) is 9.59 Å². The van der Waals surface area contributed by atoms with Crippen molar-refractivity contribution in [3.05, 3.63) is 76.0 Å². The number of rotatable bonds is 3. The van der Waals surface area contributed by atoms with E-state index in [0.717, 1.165) is 23.1 Å². The SMILES string of the molecule is Cc1cc(=O)c(-c2ccc(-c3ccc(C=O)cc3)nc2)c(C)o1. The Morgan fingerprint density at radius 3 is 2.26 bits per heavy atom.